The lowest BCUT2D eigenvalue weighted by molar-refractivity contribution is 0.102. The van der Waals surface area contributed by atoms with Crippen molar-refractivity contribution in [1.82, 2.24) is 4.98 Å². The molecule has 1 aromatic heterocycles. The van der Waals surface area contributed by atoms with Crippen LogP contribution in [0, 0.1) is 0 Å². The van der Waals surface area contributed by atoms with Gasteiger partial charge in [-0.2, -0.15) is 0 Å². The summed E-state index contributed by atoms with van der Waals surface area (Å²) >= 11 is 9.31. The van der Waals surface area contributed by atoms with Gasteiger partial charge in [0.25, 0.3) is 5.91 Å². The molecule has 0 radical (unpaired) electrons. The molecule has 2 rings (SSSR count). The number of pyridine rings is 1. The minimum absolute atomic E-state index is 0.221. The topological polar surface area (TPSA) is 54.0 Å². The predicted octanol–water partition coefficient (Wildman–Crippen LogP) is 4.57. The average Bonchev–Trinajstić information content (AvgIpc) is 2.47. The number of carbonyl (C=O) groups is 1. The maximum Gasteiger partial charge on any atom is 0.255 e. The zero-order valence-electron chi connectivity index (χ0n) is 11.5. The van der Waals surface area contributed by atoms with Crippen molar-refractivity contribution in [3.63, 3.8) is 0 Å². The van der Waals surface area contributed by atoms with E-state index >= 15 is 0 Å². The lowest BCUT2D eigenvalue weighted by Gasteiger charge is -2.09. The maximum atomic E-state index is 12.2. The first-order valence-electron chi connectivity index (χ1n) is 6.57. The number of anilines is 2. The molecule has 2 aromatic rings. The Bertz CT molecular complexity index is 631. The minimum atomic E-state index is -0.221. The Morgan fingerprint density at radius 3 is 2.67 bits per heavy atom. The van der Waals surface area contributed by atoms with Gasteiger partial charge in [-0.3, -0.25) is 4.79 Å². The highest BCUT2D eigenvalue weighted by molar-refractivity contribution is 9.10. The molecule has 1 heterocycles. The molecule has 4 nitrogen and oxygen atoms in total. The molecule has 0 atom stereocenters. The summed E-state index contributed by atoms with van der Waals surface area (Å²) in [5.41, 5.74) is 1.19. The second-order valence-electron chi connectivity index (χ2n) is 4.45. The molecule has 0 saturated heterocycles. The largest absolute Gasteiger partial charge is 0.370 e. The van der Waals surface area contributed by atoms with E-state index in [4.69, 9.17) is 11.6 Å². The van der Waals surface area contributed by atoms with E-state index < -0.39 is 0 Å². The lowest BCUT2D eigenvalue weighted by atomic mass is 10.2. The molecule has 0 saturated carbocycles. The average molecular weight is 369 g/mol. The standard InChI is InChI=1S/C15H15BrClN3O/c1-2-7-18-14-9-10(8-13(17)20-14)15(21)19-12-5-3-11(16)4-6-12/h3-6,8-9H,2,7H2,1H3,(H,18,20)(H,19,21). The summed E-state index contributed by atoms with van der Waals surface area (Å²) in [6.07, 6.45) is 0.967. The molecule has 0 aliphatic carbocycles. The van der Waals surface area contributed by atoms with Crippen LogP contribution < -0.4 is 10.6 Å². The van der Waals surface area contributed by atoms with E-state index in [0.717, 1.165) is 23.1 Å². The molecule has 21 heavy (non-hydrogen) atoms. The second-order valence-corrected chi connectivity index (χ2v) is 5.75. The monoisotopic (exact) mass is 367 g/mol. The van der Waals surface area contributed by atoms with Crippen molar-refractivity contribution in [2.45, 2.75) is 13.3 Å². The van der Waals surface area contributed by atoms with Crippen LogP contribution in [0.5, 0.6) is 0 Å². The zero-order chi connectivity index (χ0) is 15.2. The Morgan fingerprint density at radius 2 is 2.00 bits per heavy atom. The number of aromatic nitrogens is 1. The molecule has 1 amide bonds. The van der Waals surface area contributed by atoms with E-state index in [1.807, 2.05) is 24.3 Å². The fourth-order valence-electron chi connectivity index (χ4n) is 1.71. The third-order valence-electron chi connectivity index (χ3n) is 2.71. The van der Waals surface area contributed by atoms with E-state index in [0.29, 0.717) is 11.4 Å². The number of amides is 1. The Labute approximate surface area is 137 Å². The summed E-state index contributed by atoms with van der Waals surface area (Å²) < 4.78 is 0.957. The smallest absolute Gasteiger partial charge is 0.255 e. The number of halogens is 2. The molecule has 0 aliphatic heterocycles. The van der Waals surface area contributed by atoms with Crippen molar-refractivity contribution in [3.05, 3.63) is 51.6 Å². The van der Waals surface area contributed by atoms with Crippen LogP contribution in [-0.2, 0) is 0 Å². The zero-order valence-corrected chi connectivity index (χ0v) is 13.8. The number of nitrogens with one attached hydrogen (secondary N) is 2. The van der Waals surface area contributed by atoms with E-state index in [9.17, 15) is 4.79 Å². The molecule has 110 valence electrons. The highest BCUT2D eigenvalue weighted by atomic mass is 79.9. The fourth-order valence-corrected chi connectivity index (χ4v) is 2.18. The van der Waals surface area contributed by atoms with Gasteiger partial charge in [-0.05, 0) is 42.8 Å². The summed E-state index contributed by atoms with van der Waals surface area (Å²) in [4.78, 5) is 16.4. The molecule has 0 aliphatic rings. The fraction of sp³-hybridized carbons (Fsp3) is 0.200. The van der Waals surface area contributed by atoms with Crippen molar-refractivity contribution in [3.8, 4) is 0 Å². The van der Waals surface area contributed by atoms with Crippen LogP contribution in [0.4, 0.5) is 11.5 Å². The van der Waals surface area contributed by atoms with Crippen molar-refractivity contribution in [1.29, 1.82) is 0 Å². The van der Waals surface area contributed by atoms with Crippen LogP contribution in [0.3, 0.4) is 0 Å². The van der Waals surface area contributed by atoms with Crippen LogP contribution in [0.15, 0.2) is 40.9 Å². The van der Waals surface area contributed by atoms with Crippen LogP contribution in [0.2, 0.25) is 5.15 Å². The molecule has 0 spiro atoms. The molecule has 0 unspecified atom stereocenters. The van der Waals surface area contributed by atoms with Gasteiger partial charge in [0.15, 0.2) is 0 Å². The van der Waals surface area contributed by atoms with Gasteiger partial charge >= 0.3 is 0 Å². The van der Waals surface area contributed by atoms with Crippen molar-refractivity contribution >= 4 is 44.9 Å². The Kier molecular flexibility index (Phi) is 5.59. The Morgan fingerprint density at radius 1 is 1.29 bits per heavy atom. The third-order valence-corrected chi connectivity index (χ3v) is 3.44. The molecule has 6 heteroatoms. The second kappa shape index (κ2) is 7.43. The summed E-state index contributed by atoms with van der Waals surface area (Å²) in [6.45, 7) is 2.83. The highest BCUT2D eigenvalue weighted by Gasteiger charge is 2.09. The SMILES string of the molecule is CCCNc1cc(C(=O)Nc2ccc(Br)cc2)cc(Cl)n1. The van der Waals surface area contributed by atoms with E-state index in [1.54, 1.807) is 12.1 Å². The third kappa shape index (κ3) is 4.72. The summed E-state index contributed by atoms with van der Waals surface area (Å²) in [5.74, 6) is 0.381. The number of benzene rings is 1. The van der Waals surface area contributed by atoms with Crippen LogP contribution >= 0.6 is 27.5 Å². The number of rotatable bonds is 5. The van der Waals surface area contributed by atoms with Gasteiger partial charge in [0, 0.05) is 22.3 Å². The highest BCUT2D eigenvalue weighted by Crippen LogP contribution is 2.18. The van der Waals surface area contributed by atoms with E-state index in [1.165, 1.54) is 0 Å². The van der Waals surface area contributed by atoms with Crippen molar-refractivity contribution in [2.24, 2.45) is 0 Å². The van der Waals surface area contributed by atoms with Crippen molar-refractivity contribution < 1.29 is 4.79 Å². The lowest BCUT2D eigenvalue weighted by Crippen LogP contribution is -2.13. The molecule has 0 fully saturated rings. The normalized spacial score (nSPS) is 10.2. The van der Waals surface area contributed by atoms with Gasteiger partial charge < -0.3 is 10.6 Å². The number of nitrogens with zero attached hydrogens (tertiary/aromatic N) is 1. The summed E-state index contributed by atoms with van der Waals surface area (Å²) in [6, 6.07) is 10.6. The molecule has 2 N–H and O–H groups in total. The van der Waals surface area contributed by atoms with Gasteiger partial charge in [-0.15, -0.1) is 0 Å². The van der Waals surface area contributed by atoms with Crippen molar-refractivity contribution in [2.75, 3.05) is 17.2 Å². The van der Waals surface area contributed by atoms with Gasteiger partial charge in [0.2, 0.25) is 0 Å². The number of hydrogen-bond donors (Lipinski definition) is 2. The summed E-state index contributed by atoms with van der Waals surface area (Å²) in [5, 5.41) is 6.23. The number of hydrogen-bond acceptors (Lipinski definition) is 3. The van der Waals surface area contributed by atoms with E-state index in [-0.39, 0.29) is 11.1 Å². The first kappa shape index (κ1) is 15.8. The molecular formula is C15H15BrClN3O. The quantitative estimate of drug-likeness (QED) is 0.760. The van der Waals surface area contributed by atoms with Crippen LogP contribution in [0.1, 0.15) is 23.7 Å². The van der Waals surface area contributed by atoms with Gasteiger partial charge in [0.1, 0.15) is 11.0 Å². The molecule has 1 aromatic carbocycles. The maximum absolute atomic E-state index is 12.2. The Hall–Kier alpha value is -1.59. The van der Waals surface area contributed by atoms with Gasteiger partial charge in [0.05, 0.1) is 0 Å². The van der Waals surface area contributed by atoms with Crippen LogP contribution in [0.25, 0.3) is 0 Å². The first-order valence-corrected chi connectivity index (χ1v) is 7.74. The van der Waals surface area contributed by atoms with E-state index in [2.05, 4.69) is 38.5 Å². The van der Waals surface area contributed by atoms with Gasteiger partial charge in [-0.1, -0.05) is 34.5 Å². The predicted molar refractivity (Wildman–Crippen MR) is 90.1 cm³/mol. The molecule has 0 bridgehead atoms. The Balaban J connectivity index is 2.14. The van der Waals surface area contributed by atoms with Gasteiger partial charge in [-0.25, -0.2) is 4.98 Å². The summed E-state index contributed by atoms with van der Waals surface area (Å²) in [7, 11) is 0. The number of carbonyl (C=O) groups excluding carboxylic acids is 1. The van der Waals surface area contributed by atoms with Crippen LogP contribution in [-0.4, -0.2) is 17.4 Å². The first-order chi connectivity index (χ1) is 10.1. The minimum Gasteiger partial charge on any atom is -0.370 e. The molecular weight excluding hydrogens is 354 g/mol.